The first-order chi connectivity index (χ1) is 5.58. The highest BCUT2D eigenvalue weighted by Gasteiger charge is 2.33. The van der Waals surface area contributed by atoms with E-state index < -0.39 is 0 Å². The average Bonchev–Trinajstić information content (AvgIpc) is 1.97. The molecule has 0 amide bonds. The van der Waals surface area contributed by atoms with Gasteiger partial charge in [-0.3, -0.25) is 0 Å². The van der Waals surface area contributed by atoms with Crippen molar-refractivity contribution in [1.29, 1.82) is 0 Å². The van der Waals surface area contributed by atoms with Gasteiger partial charge in [-0.2, -0.15) is 0 Å². The van der Waals surface area contributed by atoms with Crippen LogP contribution < -0.4 is 0 Å². The Balaban J connectivity index is 2.84. The van der Waals surface area contributed by atoms with Gasteiger partial charge in [-0.05, 0) is 12.8 Å². The van der Waals surface area contributed by atoms with Gasteiger partial charge in [0.05, 0.1) is 0 Å². The molecule has 0 saturated carbocycles. The second-order valence-electron chi connectivity index (χ2n) is 4.61. The molecule has 0 saturated heterocycles. The van der Waals surface area contributed by atoms with E-state index in [1.165, 1.54) is 32.2 Å². The van der Waals surface area contributed by atoms with Crippen molar-refractivity contribution in [1.82, 2.24) is 0 Å². The molecule has 0 aromatic carbocycles. The summed E-state index contributed by atoms with van der Waals surface area (Å²) in [4.78, 5) is 0. The Morgan fingerprint density at radius 1 is 1.42 bits per heavy atom. The average molecular weight is 168 g/mol. The zero-order chi connectivity index (χ0) is 9.19. The minimum atomic E-state index is 0.461. The normalized spacial score (nSPS) is 23.0. The fourth-order valence-corrected chi connectivity index (χ4v) is 2.32. The lowest BCUT2D eigenvalue weighted by Crippen LogP contribution is -2.37. The van der Waals surface area contributed by atoms with E-state index in [1.54, 1.807) is 5.71 Å². The van der Waals surface area contributed by atoms with Crippen molar-refractivity contribution in [3.05, 3.63) is 0 Å². The highest BCUT2D eigenvalue weighted by molar-refractivity contribution is 5.85. The summed E-state index contributed by atoms with van der Waals surface area (Å²) in [7, 11) is 2.24. The van der Waals surface area contributed by atoms with Gasteiger partial charge < -0.3 is 0 Å². The summed E-state index contributed by atoms with van der Waals surface area (Å²) in [6, 6.07) is 0. The molecule has 0 N–H and O–H groups in total. The van der Waals surface area contributed by atoms with E-state index in [2.05, 4.69) is 32.4 Å². The summed E-state index contributed by atoms with van der Waals surface area (Å²) in [6.45, 7) is 8.30. The predicted molar refractivity (Wildman–Crippen MR) is 54.0 cm³/mol. The SMILES string of the molecule is CCCC1=[N+](C)CCCC1(C)C. The Kier molecular flexibility index (Phi) is 2.92. The monoisotopic (exact) mass is 168 g/mol. The fraction of sp³-hybridized carbons (Fsp3) is 0.909. The molecule has 0 unspecified atom stereocenters. The summed E-state index contributed by atoms with van der Waals surface area (Å²) in [5.41, 5.74) is 2.12. The highest BCUT2D eigenvalue weighted by atomic mass is 15.0. The smallest absolute Gasteiger partial charge is 0.157 e. The van der Waals surface area contributed by atoms with Crippen molar-refractivity contribution in [2.45, 2.75) is 46.5 Å². The Hall–Kier alpha value is -0.330. The maximum atomic E-state index is 2.47. The Morgan fingerprint density at radius 2 is 2.08 bits per heavy atom. The van der Waals surface area contributed by atoms with E-state index in [9.17, 15) is 0 Å². The van der Waals surface area contributed by atoms with Gasteiger partial charge in [0.2, 0.25) is 0 Å². The first kappa shape index (κ1) is 9.76. The first-order valence-corrected chi connectivity index (χ1v) is 5.15. The third-order valence-corrected chi connectivity index (χ3v) is 3.02. The molecule has 0 radical (unpaired) electrons. The molecule has 1 aliphatic rings. The number of nitrogens with zero attached hydrogens (tertiary/aromatic N) is 1. The lowest BCUT2D eigenvalue weighted by atomic mass is 9.78. The molecule has 0 bridgehead atoms. The number of rotatable bonds is 2. The molecule has 1 heterocycles. The van der Waals surface area contributed by atoms with Gasteiger partial charge in [-0.25, -0.2) is 4.58 Å². The van der Waals surface area contributed by atoms with Gasteiger partial charge in [-0.15, -0.1) is 0 Å². The van der Waals surface area contributed by atoms with Gasteiger partial charge in [0.25, 0.3) is 0 Å². The molecule has 1 rings (SSSR count). The summed E-state index contributed by atoms with van der Waals surface area (Å²) in [6.07, 6.45) is 5.29. The largest absolute Gasteiger partial charge is 0.239 e. The lowest BCUT2D eigenvalue weighted by Gasteiger charge is -2.28. The molecule has 1 nitrogen and oxygen atoms in total. The van der Waals surface area contributed by atoms with Gasteiger partial charge >= 0.3 is 0 Å². The van der Waals surface area contributed by atoms with Gasteiger partial charge in [0.1, 0.15) is 13.6 Å². The zero-order valence-corrected chi connectivity index (χ0v) is 8.98. The fourth-order valence-electron chi connectivity index (χ4n) is 2.32. The quantitative estimate of drug-likeness (QED) is 0.558. The molecule has 0 aliphatic carbocycles. The van der Waals surface area contributed by atoms with E-state index in [0.29, 0.717) is 5.41 Å². The van der Waals surface area contributed by atoms with Crippen LogP contribution in [0.5, 0.6) is 0 Å². The van der Waals surface area contributed by atoms with Crippen LogP contribution in [-0.2, 0) is 0 Å². The topological polar surface area (TPSA) is 3.01 Å². The maximum absolute atomic E-state index is 2.47. The van der Waals surface area contributed by atoms with Gasteiger partial charge in [0, 0.05) is 18.3 Å². The lowest BCUT2D eigenvalue weighted by molar-refractivity contribution is -0.508. The molecule has 0 fully saturated rings. The van der Waals surface area contributed by atoms with E-state index in [0.717, 1.165) is 0 Å². The molecule has 70 valence electrons. The van der Waals surface area contributed by atoms with Gasteiger partial charge in [-0.1, -0.05) is 20.8 Å². The summed E-state index contributed by atoms with van der Waals surface area (Å²) in [5, 5.41) is 0. The maximum Gasteiger partial charge on any atom is 0.157 e. The van der Waals surface area contributed by atoms with Crippen molar-refractivity contribution in [2.24, 2.45) is 5.41 Å². The van der Waals surface area contributed by atoms with E-state index in [4.69, 9.17) is 0 Å². The molecular weight excluding hydrogens is 146 g/mol. The Bertz CT molecular complexity index is 189. The van der Waals surface area contributed by atoms with Crippen molar-refractivity contribution in [3.63, 3.8) is 0 Å². The zero-order valence-electron chi connectivity index (χ0n) is 8.98. The first-order valence-electron chi connectivity index (χ1n) is 5.15. The van der Waals surface area contributed by atoms with Crippen LogP contribution in [-0.4, -0.2) is 23.9 Å². The molecule has 0 aromatic heterocycles. The number of hydrogen-bond acceptors (Lipinski definition) is 0. The van der Waals surface area contributed by atoms with Crippen LogP contribution in [0.4, 0.5) is 0 Å². The van der Waals surface area contributed by atoms with Crippen LogP contribution in [0.15, 0.2) is 0 Å². The van der Waals surface area contributed by atoms with Crippen molar-refractivity contribution < 1.29 is 4.58 Å². The molecule has 1 heteroatoms. The van der Waals surface area contributed by atoms with Crippen LogP contribution in [0.25, 0.3) is 0 Å². The molecule has 0 atom stereocenters. The van der Waals surface area contributed by atoms with Gasteiger partial charge in [0.15, 0.2) is 5.71 Å². The number of hydrogen-bond donors (Lipinski definition) is 0. The summed E-state index contributed by atoms with van der Waals surface area (Å²) < 4.78 is 2.47. The molecule has 1 aliphatic heterocycles. The van der Waals surface area contributed by atoms with Crippen LogP contribution in [0.1, 0.15) is 46.5 Å². The van der Waals surface area contributed by atoms with Crippen LogP contribution in [0, 0.1) is 5.41 Å². The summed E-state index contributed by atoms with van der Waals surface area (Å²) in [5.74, 6) is 0. The summed E-state index contributed by atoms with van der Waals surface area (Å²) >= 11 is 0. The van der Waals surface area contributed by atoms with Crippen LogP contribution in [0.3, 0.4) is 0 Å². The van der Waals surface area contributed by atoms with E-state index >= 15 is 0 Å². The molecular formula is C11H22N+. The van der Waals surface area contributed by atoms with Crippen LogP contribution in [0.2, 0.25) is 0 Å². The predicted octanol–water partition coefficient (Wildman–Crippen LogP) is 2.69. The third kappa shape index (κ3) is 1.88. The highest BCUT2D eigenvalue weighted by Crippen LogP contribution is 2.29. The molecule has 0 aromatic rings. The van der Waals surface area contributed by atoms with Crippen molar-refractivity contribution in [2.75, 3.05) is 13.6 Å². The Morgan fingerprint density at radius 3 is 2.58 bits per heavy atom. The third-order valence-electron chi connectivity index (χ3n) is 3.02. The van der Waals surface area contributed by atoms with Crippen LogP contribution >= 0.6 is 0 Å². The van der Waals surface area contributed by atoms with Crippen molar-refractivity contribution in [3.8, 4) is 0 Å². The second-order valence-corrected chi connectivity index (χ2v) is 4.61. The van der Waals surface area contributed by atoms with E-state index in [-0.39, 0.29) is 0 Å². The molecule has 0 spiro atoms. The minimum Gasteiger partial charge on any atom is -0.239 e. The van der Waals surface area contributed by atoms with E-state index in [1.807, 2.05) is 0 Å². The standard InChI is InChI=1S/C11H22N/c1-5-7-10-11(2,3)8-6-9-12(10)4/h5-9H2,1-4H3/q+1. The minimum absolute atomic E-state index is 0.461. The second kappa shape index (κ2) is 3.59. The molecule has 12 heavy (non-hydrogen) atoms. The Labute approximate surface area is 76.5 Å². The van der Waals surface area contributed by atoms with Crippen molar-refractivity contribution >= 4 is 5.71 Å².